The summed E-state index contributed by atoms with van der Waals surface area (Å²) < 4.78 is 18.5. The van der Waals surface area contributed by atoms with Crippen molar-refractivity contribution >= 4 is 29.2 Å². The van der Waals surface area contributed by atoms with Gasteiger partial charge in [-0.2, -0.15) is 0 Å². The molecule has 0 radical (unpaired) electrons. The number of aromatic hydroxyl groups is 1. The van der Waals surface area contributed by atoms with E-state index in [4.69, 9.17) is 16.3 Å². The smallest absolute Gasteiger partial charge is 0.317 e. The van der Waals surface area contributed by atoms with Crippen LogP contribution in [0.1, 0.15) is 12.8 Å². The molecule has 160 valence electrons. The van der Waals surface area contributed by atoms with Gasteiger partial charge in [0.2, 0.25) is 5.91 Å². The van der Waals surface area contributed by atoms with Crippen molar-refractivity contribution in [3.8, 4) is 11.5 Å². The van der Waals surface area contributed by atoms with Gasteiger partial charge in [-0.25, -0.2) is 9.18 Å². The third-order valence-corrected chi connectivity index (χ3v) is 5.05. The number of piperidine rings is 1. The van der Waals surface area contributed by atoms with Gasteiger partial charge in [-0.15, -0.1) is 0 Å². The molecule has 3 amide bonds. The Morgan fingerprint density at radius 2 is 1.97 bits per heavy atom. The molecule has 0 aliphatic carbocycles. The standard InChI is InChI=1S/C21H23ClFN3O4/c22-15-4-5-19(27)18(12-15)25-20(28)14-6-9-26(10-7-14)21(29)24-8-11-30-17-3-1-2-16(23)13-17/h1-5,12-14,27H,6-11H2,(H,24,29)(H,25,28). The van der Waals surface area contributed by atoms with Gasteiger partial charge in [-0.3, -0.25) is 4.79 Å². The van der Waals surface area contributed by atoms with Crippen molar-refractivity contribution < 1.29 is 23.8 Å². The van der Waals surface area contributed by atoms with E-state index in [0.717, 1.165) is 0 Å². The maximum atomic E-state index is 13.1. The normalized spacial score (nSPS) is 14.3. The van der Waals surface area contributed by atoms with Crippen LogP contribution >= 0.6 is 11.6 Å². The van der Waals surface area contributed by atoms with Crippen molar-refractivity contribution in [2.24, 2.45) is 5.92 Å². The first-order valence-corrected chi connectivity index (χ1v) is 10.0. The summed E-state index contributed by atoms with van der Waals surface area (Å²) in [5.74, 6) is -0.499. The molecule has 0 aromatic heterocycles. The molecule has 1 aliphatic rings. The van der Waals surface area contributed by atoms with E-state index in [1.165, 1.54) is 30.3 Å². The maximum Gasteiger partial charge on any atom is 0.317 e. The van der Waals surface area contributed by atoms with E-state index in [-0.39, 0.29) is 48.3 Å². The van der Waals surface area contributed by atoms with Crippen LogP contribution in [0.3, 0.4) is 0 Å². The van der Waals surface area contributed by atoms with Gasteiger partial charge in [0.1, 0.15) is 23.9 Å². The Bertz CT molecular complexity index is 904. The first-order chi connectivity index (χ1) is 14.4. The van der Waals surface area contributed by atoms with Crippen LogP contribution in [-0.2, 0) is 4.79 Å². The molecule has 0 unspecified atom stereocenters. The fourth-order valence-corrected chi connectivity index (χ4v) is 3.36. The number of urea groups is 1. The number of benzene rings is 2. The first kappa shape index (κ1) is 21.7. The Hall–Kier alpha value is -3.00. The van der Waals surface area contributed by atoms with Crippen LogP contribution in [0.5, 0.6) is 11.5 Å². The van der Waals surface area contributed by atoms with Gasteiger partial charge in [0, 0.05) is 30.1 Å². The molecule has 1 heterocycles. The van der Waals surface area contributed by atoms with Crippen LogP contribution in [0.2, 0.25) is 5.02 Å². The fourth-order valence-electron chi connectivity index (χ4n) is 3.18. The summed E-state index contributed by atoms with van der Waals surface area (Å²) in [6.07, 6.45) is 1.03. The minimum atomic E-state index is -0.381. The highest BCUT2D eigenvalue weighted by molar-refractivity contribution is 6.31. The van der Waals surface area contributed by atoms with E-state index in [9.17, 15) is 19.1 Å². The Labute approximate surface area is 178 Å². The molecular weight excluding hydrogens is 413 g/mol. The number of nitrogens with one attached hydrogen (secondary N) is 2. The molecule has 2 aromatic carbocycles. The molecule has 30 heavy (non-hydrogen) atoms. The summed E-state index contributed by atoms with van der Waals surface area (Å²) in [6.45, 7) is 1.38. The topological polar surface area (TPSA) is 90.9 Å². The highest BCUT2D eigenvalue weighted by Crippen LogP contribution is 2.28. The van der Waals surface area contributed by atoms with Crippen LogP contribution in [0.15, 0.2) is 42.5 Å². The lowest BCUT2D eigenvalue weighted by Gasteiger charge is -2.31. The fraction of sp³-hybridized carbons (Fsp3) is 0.333. The molecule has 1 saturated heterocycles. The van der Waals surface area contributed by atoms with E-state index in [1.807, 2.05) is 0 Å². The van der Waals surface area contributed by atoms with Crippen LogP contribution in [0.4, 0.5) is 14.9 Å². The Balaban J connectivity index is 1.38. The Morgan fingerprint density at radius 1 is 1.20 bits per heavy atom. The number of likely N-dealkylation sites (tertiary alicyclic amines) is 1. The second-order valence-electron chi connectivity index (χ2n) is 6.95. The third kappa shape index (κ3) is 6.00. The minimum absolute atomic E-state index is 0.0509. The monoisotopic (exact) mass is 435 g/mol. The lowest BCUT2D eigenvalue weighted by molar-refractivity contribution is -0.121. The summed E-state index contributed by atoms with van der Waals surface area (Å²) in [5, 5.41) is 15.7. The van der Waals surface area contributed by atoms with Crippen molar-refractivity contribution in [3.63, 3.8) is 0 Å². The van der Waals surface area contributed by atoms with Gasteiger partial charge in [0.25, 0.3) is 0 Å². The van der Waals surface area contributed by atoms with E-state index in [0.29, 0.717) is 36.7 Å². The quantitative estimate of drug-likeness (QED) is 0.477. The molecular formula is C21H23ClFN3O4. The van der Waals surface area contributed by atoms with Gasteiger partial charge in [0.15, 0.2) is 0 Å². The van der Waals surface area contributed by atoms with Crippen LogP contribution in [-0.4, -0.2) is 48.2 Å². The van der Waals surface area contributed by atoms with Gasteiger partial charge in [-0.05, 0) is 43.2 Å². The van der Waals surface area contributed by atoms with E-state index in [1.54, 1.807) is 17.0 Å². The second-order valence-corrected chi connectivity index (χ2v) is 7.39. The van der Waals surface area contributed by atoms with Gasteiger partial charge >= 0.3 is 6.03 Å². The predicted octanol–water partition coefficient (Wildman–Crippen LogP) is 3.62. The summed E-state index contributed by atoms with van der Waals surface area (Å²) in [6, 6.07) is 10.0. The Morgan fingerprint density at radius 3 is 2.70 bits per heavy atom. The average molecular weight is 436 g/mol. The number of carbonyl (C=O) groups excluding carboxylic acids is 2. The largest absolute Gasteiger partial charge is 0.506 e. The number of halogens is 2. The molecule has 3 N–H and O–H groups in total. The van der Waals surface area contributed by atoms with Gasteiger partial charge in [-0.1, -0.05) is 17.7 Å². The highest BCUT2D eigenvalue weighted by atomic mass is 35.5. The highest BCUT2D eigenvalue weighted by Gasteiger charge is 2.27. The van der Waals surface area contributed by atoms with Crippen molar-refractivity contribution in [3.05, 3.63) is 53.3 Å². The number of phenolic OH excluding ortho intramolecular Hbond substituents is 1. The number of hydrogen-bond donors (Lipinski definition) is 3. The molecule has 1 fully saturated rings. The van der Waals surface area contributed by atoms with Crippen molar-refractivity contribution in [1.29, 1.82) is 0 Å². The number of amides is 3. The summed E-state index contributed by atoms with van der Waals surface area (Å²) in [4.78, 5) is 26.4. The zero-order chi connectivity index (χ0) is 21.5. The van der Waals surface area contributed by atoms with Gasteiger partial charge < -0.3 is 25.4 Å². The number of carbonyl (C=O) groups is 2. The van der Waals surface area contributed by atoms with Crippen molar-refractivity contribution in [1.82, 2.24) is 10.2 Å². The number of ether oxygens (including phenoxy) is 1. The van der Waals surface area contributed by atoms with Crippen molar-refractivity contribution in [2.45, 2.75) is 12.8 Å². The van der Waals surface area contributed by atoms with Crippen LogP contribution in [0.25, 0.3) is 0 Å². The third-order valence-electron chi connectivity index (χ3n) is 4.81. The molecule has 7 nitrogen and oxygen atoms in total. The number of rotatable bonds is 6. The SMILES string of the molecule is O=C(Nc1cc(Cl)ccc1O)C1CCN(C(=O)NCCOc2cccc(F)c2)CC1. The summed E-state index contributed by atoms with van der Waals surface area (Å²) in [7, 11) is 0. The molecule has 0 bridgehead atoms. The molecule has 0 saturated carbocycles. The molecule has 3 rings (SSSR count). The molecule has 9 heteroatoms. The summed E-state index contributed by atoms with van der Waals surface area (Å²) in [5.41, 5.74) is 0.269. The molecule has 1 aliphatic heterocycles. The van der Waals surface area contributed by atoms with Crippen LogP contribution in [0, 0.1) is 11.7 Å². The number of phenols is 1. The van der Waals surface area contributed by atoms with Gasteiger partial charge in [0.05, 0.1) is 12.2 Å². The lowest BCUT2D eigenvalue weighted by atomic mass is 9.96. The van der Waals surface area contributed by atoms with E-state index >= 15 is 0 Å². The van der Waals surface area contributed by atoms with Crippen LogP contribution < -0.4 is 15.4 Å². The zero-order valence-corrected chi connectivity index (χ0v) is 17.0. The average Bonchev–Trinajstić information content (AvgIpc) is 2.74. The first-order valence-electron chi connectivity index (χ1n) is 9.63. The Kier molecular flexibility index (Phi) is 7.35. The lowest BCUT2D eigenvalue weighted by Crippen LogP contribution is -2.46. The summed E-state index contributed by atoms with van der Waals surface area (Å²) >= 11 is 5.89. The number of hydrogen-bond acceptors (Lipinski definition) is 4. The molecule has 2 aromatic rings. The minimum Gasteiger partial charge on any atom is -0.506 e. The maximum absolute atomic E-state index is 13.1. The molecule has 0 atom stereocenters. The van der Waals surface area contributed by atoms with E-state index in [2.05, 4.69) is 10.6 Å². The predicted molar refractivity (Wildman–Crippen MR) is 111 cm³/mol. The molecule has 0 spiro atoms. The second kappa shape index (κ2) is 10.2. The number of nitrogens with zero attached hydrogens (tertiary/aromatic N) is 1. The zero-order valence-electron chi connectivity index (χ0n) is 16.2. The van der Waals surface area contributed by atoms with E-state index < -0.39 is 0 Å². The van der Waals surface area contributed by atoms with Crippen molar-refractivity contribution in [2.75, 3.05) is 31.6 Å². The number of anilines is 1.